The summed E-state index contributed by atoms with van der Waals surface area (Å²) in [5.41, 5.74) is 3.19. The van der Waals surface area contributed by atoms with Crippen LogP contribution in [0.2, 0.25) is 0 Å². The van der Waals surface area contributed by atoms with E-state index in [1.807, 2.05) is 30.3 Å². The number of carbonyl (C=O) groups excluding carboxylic acids is 1. The third kappa shape index (κ3) is 5.72. The molecule has 4 aromatic rings. The molecule has 0 atom stereocenters. The molecule has 34 heavy (non-hydrogen) atoms. The molecule has 0 radical (unpaired) electrons. The second-order valence-corrected chi connectivity index (χ2v) is 7.25. The highest BCUT2D eigenvalue weighted by molar-refractivity contribution is 5.97. The Morgan fingerprint density at radius 3 is 2.50 bits per heavy atom. The molecule has 3 aromatic carbocycles. The van der Waals surface area contributed by atoms with Crippen LogP contribution in [-0.2, 0) is 12.8 Å². The Bertz CT molecular complexity index is 1300. The SMILES string of the molecule is O=C(N/N=C/c1ccc(-c2cccc(C(F)(F)F)c2)o1)c1ccccc1OCc1ccccc1. The van der Waals surface area contributed by atoms with E-state index >= 15 is 0 Å². The third-order valence-corrected chi connectivity index (χ3v) is 4.83. The Morgan fingerprint density at radius 2 is 1.71 bits per heavy atom. The van der Waals surface area contributed by atoms with E-state index in [9.17, 15) is 18.0 Å². The van der Waals surface area contributed by atoms with Crippen molar-refractivity contribution in [1.29, 1.82) is 0 Å². The van der Waals surface area contributed by atoms with E-state index in [0.29, 0.717) is 17.9 Å². The maximum Gasteiger partial charge on any atom is 0.416 e. The van der Waals surface area contributed by atoms with Gasteiger partial charge in [0.1, 0.15) is 23.9 Å². The predicted octanol–water partition coefficient (Wildman–Crippen LogP) is 6.31. The maximum absolute atomic E-state index is 12.9. The lowest BCUT2D eigenvalue weighted by atomic mass is 10.1. The zero-order valence-electron chi connectivity index (χ0n) is 17.8. The second-order valence-electron chi connectivity index (χ2n) is 7.25. The van der Waals surface area contributed by atoms with Gasteiger partial charge in [0.2, 0.25) is 0 Å². The number of benzene rings is 3. The third-order valence-electron chi connectivity index (χ3n) is 4.83. The van der Waals surface area contributed by atoms with Crippen molar-refractivity contribution < 1.29 is 27.1 Å². The van der Waals surface area contributed by atoms with Gasteiger partial charge in [-0.3, -0.25) is 4.79 Å². The normalized spacial score (nSPS) is 11.5. The van der Waals surface area contributed by atoms with E-state index in [1.54, 1.807) is 30.3 Å². The fraction of sp³-hybridized carbons (Fsp3) is 0.0769. The van der Waals surface area contributed by atoms with Crippen LogP contribution in [0.4, 0.5) is 13.2 Å². The van der Waals surface area contributed by atoms with E-state index in [4.69, 9.17) is 9.15 Å². The Hall–Kier alpha value is -4.33. The monoisotopic (exact) mass is 464 g/mol. The number of amides is 1. The van der Waals surface area contributed by atoms with Gasteiger partial charge in [0.05, 0.1) is 17.3 Å². The van der Waals surface area contributed by atoms with Crippen LogP contribution in [-0.4, -0.2) is 12.1 Å². The summed E-state index contributed by atoms with van der Waals surface area (Å²) in [6.45, 7) is 0.305. The first-order valence-corrected chi connectivity index (χ1v) is 10.3. The maximum atomic E-state index is 12.9. The molecule has 0 saturated carbocycles. The smallest absolute Gasteiger partial charge is 0.416 e. The number of furan rings is 1. The van der Waals surface area contributed by atoms with Gasteiger partial charge in [-0.1, -0.05) is 54.6 Å². The average Bonchev–Trinajstić information content (AvgIpc) is 3.32. The lowest BCUT2D eigenvalue weighted by molar-refractivity contribution is -0.137. The molecule has 0 aliphatic heterocycles. The molecule has 172 valence electrons. The van der Waals surface area contributed by atoms with Crippen molar-refractivity contribution in [2.24, 2.45) is 5.10 Å². The van der Waals surface area contributed by atoms with Gasteiger partial charge < -0.3 is 9.15 Å². The van der Waals surface area contributed by atoms with Gasteiger partial charge >= 0.3 is 6.18 Å². The van der Waals surface area contributed by atoms with Crippen LogP contribution in [0.3, 0.4) is 0 Å². The molecule has 1 heterocycles. The standard InChI is InChI=1S/C26H19F3N2O3/c27-26(28,29)20-10-6-9-19(15-20)23-14-13-21(34-23)16-30-31-25(32)22-11-4-5-12-24(22)33-17-18-7-2-1-3-8-18/h1-16H,17H2,(H,31,32)/b30-16+. The van der Waals surface area contributed by atoms with Gasteiger partial charge in [-0.2, -0.15) is 18.3 Å². The first kappa shape index (κ1) is 22.8. The van der Waals surface area contributed by atoms with Crippen molar-refractivity contribution >= 4 is 12.1 Å². The zero-order valence-corrected chi connectivity index (χ0v) is 17.8. The Kier molecular flexibility index (Phi) is 6.77. The van der Waals surface area contributed by atoms with Crippen LogP contribution in [0, 0.1) is 0 Å². The summed E-state index contributed by atoms with van der Waals surface area (Å²) in [5, 5.41) is 3.89. The Balaban J connectivity index is 1.40. The molecule has 0 saturated heterocycles. The van der Waals surface area contributed by atoms with Crippen LogP contribution in [0.15, 0.2) is 101 Å². The largest absolute Gasteiger partial charge is 0.488 e. The zero-order chi connectivity index (χ0) is 24.0. The number of nitrogens with zero attached hydrogens (tertiary/aromatic N) is 1. The van der Waals surface area contributed by atoms with Crippen LogP contribution < -0.4 is 10.2 Å². The number of para-hydroxylation sites is 1. The van der Waals surface area contributed by atoms with Gasteiger partial charge in [-0.05, 0) is 42.0 Å². The number of ether oxygens (including phenoxy) is 1. The number of nitrogens with one attached hydrogen (secondary N) is 1. The van der Waals surface area contributed by atoms with Crippen molar-refractivity contribution in [2.45, 2.75) is 12.8 Å². The van der Waals surface area contributed by atoms with Crippen LogP contribution >= 0.6 is 0 Å². The number of carbonyl (C=O) groups is 1. The quantitative estimate of drug-likeness (QED) is 0.258. The Labute approximate surface area is 193 Å². The molecular weight excluding hydrogens is 445 g/mol. The van der Waals surface area contributed by atoms with E-state index in [1.165, 1.54) is 24.4 Å². The molecule has 8 heteroatoms. The highest BCUT2D eigenvalue weighted by atomic mass is 19.4. The molecular formula is C26H19F3N2O3. The number of hydrogen-bond acceptors (Lipinski definition) is 4. The first-order valence-electron chi connectivity index (χ1n) is 10.3. The van der Waals surface area contributed by atoms with Gasteiger partial charge in [0.15, 0.2) is 0 Å². The minimum absolute atomic E-state index is 0.249. The summed E-state index contributed by atoms with van der Waals surface area (Å²) in [7, 11) is 0. The molecule has 0 fully saturated rings. The summed E-state index contributed by atoms with van der Waals surface area (Å²) >= 11 is 0. The van der Waals surface area contributed by atoms with E-state index in [-0.39, 0.29) is 17.1 Å². The lowest BCUT2D eigenvalue weighted by Crippen LogP contribution is -2.18. The summed E-state index contributed by atoms with van der Waals surface area (Å²) in [6.07, 6.45) is -3.18. The molecule has 4 rings (SSSR count). The summed E-state index contributed by atoms with van der Waals surface area (Å²) in [5.74, 6) is 0.438. The molecule has 1 aromatic heterocycles. The summed E-state index contributed by atoms with van der Waals surface area (Å²) in [4.78, 5) is 12.6. The van der Waals surface area contributed by atoms with Gasteiger partial charge in [-0.25, -0.2) is 5.43 Å². The van der Waals surface area contributed by atoms with Crippen molar-refractivity contribution in [3.05, 3.63) is 113 Å². The number of hydrazone groups is 1. The molecule has 0 aliphatic carbocycles. The molecule has 1 N–H and O–H groups in total. The molecule has 0 bridgehead atoms. The van der Waals surface area contributed by atoms with Crippen LogP contribution in [0.5, 0.6) is 5.75 Å². The van der Waals surface area contributed by atoms with Crippen molar-refractivity contribution in [3.63, 3.8) is 0 Å². The predicted molar refractivity (Wildman–Crippen MR) is 121 cm³/mol. The molecule has 0 aliphatic rings. The number of rotatable bonds is 7. The summed E-state index contributed by atoms with van der Waals surface area (Å²) in [6, 6.07) is 24.2. The summed E-state index contributed by atoms with van der Waals surface area (Å²) < 4.78 is 50.1. The Morgan fingerprint density at radius 1 is 0.941 bits per heavy atom. The topological polar surface area (TPSA) is 63.8 Å². The molecule has 0 unspecified atom stereocenters. The van der Waals surface area contributed by atoms with E-state index < -0.39 is 17.6 Å². The van der Waals surface area contributed by atoms with Gasteiger partial charge in [0, 0.05) is 5.56 Å². The van der Waals surface area contributed by atoms with E-state index in [0.717, 1.165) is 17.7 Å². The first-order chi connectivity index (χ1) is 16.4. The minimum atomic E-state index is -4.45. The number of halogens is 3. The number of alkyl halides is 3. The van der Waals surface area contributed by atoms with E-state index in [2.05, 4.69) is 10.5 Å². The fourth-order valence-electron chi connectivity index (χ4n) is 3.16. The highest BCUT2D eigenvalue weighted by Crippen LogP contribution is 2.32. The number of hydrogen-bond donors (Lipinski definition) is 1. The van der Waals surface area contributed by atoms with Crippen molar-refractivity contribution in [2.75, 3.05) is 0 Å². The van der Waals surface area contributed by atoms with Gasteiger partial charge in [-0.15, -0.1) is 0 Å². The van der Waals surface area contributed by atoms with Crippen LogP contribution in [0.1, 0.15) is 27.2 Å². The molecule has 1 amide bonds. The lowest BCUT2D eigenvalue weighted by Gasteiger charge is -2.10. The average molecular weight is 464 g/mol. The molecule has 0 spiro atoms. The van der Waals surface area contributed by atoms with Crippen molar-refractivity contribution in [3.8, 4) is 17.1 Å². The minimum Gasteiger partial charge on any atom is -0.488 e. The molecule has 5 nitrogen and oxygen atoms in total. The van der Waals surface area contributed by atoms with Crippen molar-refractivity contribution in [1.82, 2.24) is 5.43 Å². The van der Waals surface area contributed by atoms with Crippen LogP contribution in [0.25, 0.3) is 11.3 Å². The fourth-order valence-corrected chi connectivity index (χ4v) is 3.16. The second kappa shape index (κ2) is 10.1. The van der Waals surface area contributed by atoms with Gasteiger partial charge in [0.25, 0.3) is 5.91 Å². The highest BCUT2D eigenvalue weighted by Gasteiger charge is 2.30.